The molecule has 1 heterocycles. The minimum atomic E-state index is -0.959. The van der Waals surface area contributed by atoms with E-state index < -0.39 is 18.0 Å². The molecule has 0 unspecified atom stereocenters. The van der Waals surface area contributed by atoms with E-state index >= 15 is 0 Å². The van der Waals surface area contributed by atoms with Gasteiger partial charge in [-0.2, -0.15) is 0 Å². The number of fused-ring (bicyclic) bond motifs is 1. The van der Waals surface area contributed by atoms with Crippen molar-refractivity contribution in [1.29, 1.82) is 0 Å². The molecule has 0 radical (unpaired) electrons. The molecule has 1 aliphatic heterocycles. The summed E-state index contributed by atoms with van der Waals surface area (Å²) in [5.74, 6) is -0.310. The molecule has 3 rings (SSSR count). The van der Waals surface area contributed by atoms with Crippen molar-refractivity contribution in [1.82, 2.24) is 10.2 Å². The van der Waals surface area contributed by atoms with E-state index in [-0.39, 0.29) is 18.0 Å². The zero-order valence-corrected chi connectivity index (χ0v) is 21.3. The number of rotatable bonds is 11. The summed E-state index contributed by atoms with van der Waals surface area (Å²) in [6.07, 6.45) is -0.201. The molecule has 1 aliphatic rings. The third kappa shape index (κ3) is 6.68. The molecule has 0 bridgehead atoms. The normalized spacial score (nSPS) is 13.3. The Hall–Kier alpha value is -3.75. The van der Waals surface area contributed by atoms with Gasteiger partial charge < -0.3 is 29.2 Å². The maximum absolute atomic E-state index is 12.8. The summed E-state index contributed by atoms with van der Waals surface area (Å²) in [6, 6.07) is 11.1. The Morgan fingerprint density at radius 2 is 1.56 bits per heavy atom. The van der Waals surface area contributed by atoms with Gasteiger partial charge in [-0.1, -0.05) is 24.3 Å². The van der Waals surface area contributed by atoms with Crippen LogP contribution in [0.4, 0.5) is 0 Å². The van der Waals surface area contributed by atoms with Crippen LogP contribution < -0.4 is 19.5 Å². The highest BCUT2D eigenvalue weighted by atomic mass is 16.6. The first-order valence-corrected chi connectivity index (χ1v) is 12.3. The number of benzene rings is 2. The van der Waals surface area contributed by atoms with Gasteiger partial charge in [-0.3, -0.25) is 14.4 Å². The number of ether oxygens (including phenoxy) is 4. The zero-order chi connectivity index (χ0) is 26.1. The average molecular weight is 499 g/mol. The van der Waals surface area contributed by atoms with Crippen LogP contribution in [0.3, 0.4) is 0 Å². The van der Waals surface area contributed by atoms with Crippen molar-refractivity contribution in [2.45, 2.75) is 46.8 Å². The third-order valence-corrected chi connectivity index (χ3v) is 5.66. The second-order valence-electron chi connectivity index (χ2n) is 8.19. The molecule has 0 spiro atoms. The summed E-state index contributed by atoms with van der Waals surface area (Å²) < 4.78 is 22.2. The Balaban J connectivity index is 1.58. The minimum Gasteiger partial charge on any atom is -0.490 e. The first kappa shape index (κ1) is 26.8. The van der Waals surface area contributed by atoms with E-state index in [0.717, 1.165) is 12.0 Å². The number of esters is 1. The Bertz CT molecular complexity index is 1060. The Morgan fingerprint density at radius 3 is 2.17 bits per heavy atom. The average Bonchev–Trinajstić information content (AvgIpc) is 2.88. The van der Waals surface area contributed by atoms with Crippen molar-refractivity contribution in [3.63, 3.8) is 0 Å². The van der Waals surface area contributed by atoms with Gasteiger partial charge in [-0.25, -0.2) is 0 Å². The SMILES string of the molecule is CCOc1cc(C(=O)NCC(=O)O[C@@H](C)C(=O)N2CCc3ccccc3C2)cc(OCC)c1OCC. The van der Waals surface area contributed by atoms with Crippen LogP contribution in [0, 0.1) is 0 Å². The molecule has 1 atom stereocenters. The molecule has 0 saturated heterocycles. The first-order valence-electron chi connectivity index (χ1n) is 12.3. The quantitative estimate of drug-likeness (QED) is 0.475. The number of carbonyl (C=O) groups excluding carboxylic acids is 3. The molecule has 2 aromatic rings. The summed E-state index contributed by atoms with van der Waals surface area (Å²) in [7, 11) is 0. The number of hydrogen-bond acceptors (Lipinski definition) is 7. The fourth-order valence-electron chi connectivity index (χ4n) is 4.00. The third-order valence-electron chi connectivity index (χ3n) is 5.66. The maximum atomic E-state index is 12.8. The van der Waals surface area contributed by atoms with Crippen LogP contribution in [0.15, 0.2) is 36.4 Å². The lowest BCUT2D eigenvalue weighted by Gasteiger charge is -2.30. The number of nitrogens with one attached hydrogen (secondary N) is 1. The predicted octanol–water partition coefficient (Wildman–Crippen LogP) is 3.13. The predicted molar refractivity (Wildman–Crippen MR) is 133 cm³/mol. The van der Waals surface area contributed by atoms with E-state index in [0.29, 0.717) is 50.2 Å². The van der Waals surface area contributed by atoms with Gasteiger partial charge in [0.15, 0.2) is 17.6 Å². The minimum absolute atomic E-state index is 0.245. The van der Waals surface area contributed by atoms with Gasteiger partial charge in [0.2, 0.25) is 5.75 Å². The fraction of sp³-hybridized carbons (Fsp3) is 0.444. The number of carbonyl (C=O) groups is 3. The second-order valence-corrected chi connectivity index (χ2v) is 8.19. The summed E-state index contributed by atoms with van der Waals surface area (Å²) >= 11 is 0. The van der Waals surface area contributed by atoms with E-state index in [9.17, 15) is 14.4 Å². The van der Waals surface area contributed by atoms with Gasteiger partial charge in [0.1, 0.15) is 6.54 Å². The Labute approximate surface area is 211 Å². The van der Waals surface area contributed by atoms with Crippen LogP contribution in [-0.2, 0) is 27.3 Å². The summed E-state index contributed by atoms with van der Waals surface area (Å²) in [4.78, 5) is 39.6. The van der Waals surface area contributed by atoms with Crippen molar-refractivity contribution in [2.75, 3.05) is 32.9 Å². The molecule has 9 heteroatoms. The molecule has 0 saturated carbocycles. The smallest absolute Gasteiger partial charge is 0.326 e. The van der Waals surface area contributed by atoms with Gasteiger partial charge in [0, 0.05) is 18.7 Å². The van der Waals surface area contributed by atoms with Crippen molar-refractivity contribution in [3.05, 3.63) is 53.1 Å². The molecule has 2 aromatic carbocycles. The van der Waals surface area contributed by atoms with E-state index in [1.165, 1.54) is 24.6 Å². The van der Waals surface area contributed by atoms with Crippen LogP contribution in [0.2, 0.25) is 0 Å². The molecule has 0 fully saturated rings. The van der Waals surface area contributed by atoms with E-state index in [1.54, 1.807) is 4.90 Å². The van der Waals surface area contributed by atoms with Crippen LogP contribution in [-0.4, -0.2) is 61.7 Å². The highest BCUT2D eigenvalue weighted by molar-refractivity contribution is 5.97. The summed E-state index contributed by atoms with van der Waals surface area (Å²) in [5.41, 5.74) is 2.56. The van der Waals surface area contributed by atoms with E-state index in [2.05, 4.69) is 11.4 Å². The lowest BCUT2D eigenvalue weighted by atomic mass is 9.99. The van der Waals surface area contributed by atoms with Gasteiger partial charge in [0.05, 0.1) is 19.8 Å². The standard InChI is InChI=1S/C27H34N2O7/c1-5-33-22-14-21(15-23(34-6-2)25(22)35-7-3)26(31)28-16-24(30)36-18(4)27(32)29-13-12-19-10-8-9-11-20(19)17-29/h8-11,14-15,18H,5-7,12-13,16-17H2,1-4H3,(H,28,31)/t18-/m0/s1. The Kier molecular flexibility index (Phi) is 9.55. The summed E-state index contributed by atoms with van der Waals surface area (Å²) in [5, 5.41) is 2.54. The van der Waals surface area contributed by atoms with Crippen LogP contribution in [0.25, 0.3) is 0 Å². The monoisotopic (exact) mass is 498 g/mol. The molecule has 36 heavy (non-hydrogen) atoms. The molecule has 0 aromatic heterocycles. The van der Waals surface area contributed by atoms with Crippen molar-refractivity contribution >= 4 is 17.8 Å². The van der Waals surface area contributed by atoms with Gasteiger partial charge in [-0.05, 0) is 57.4 Å². The van der Waals surface area contributed by atoms with Crippen LogP contribution in [0.5, 0.6) is 17.2 Å². The largest absolute Gasteiger partial charge is 0.490 e. The first-order chi connectivity index (χ1) is 17.4. The molecular weight excluding hydrogens is 464 g/mol. The van der Waals surface area contributed by atoms with Crippen molar-refractivity contribution in [3.8, 4) is 17.2 Å². The molecule has 2 amide bonds. The molecule has 194 valence electrons. The number of nitrogens with zero attached hydrogens (tertiary/aromatic N) is 1. The van der Waals surface area contributed by atoms with Gasteiger partial charge in [0.25, 0.3) is 11.8 Å². The Morgan fingerprint density at radius 1 is 0.944 bits per heavy atom. The molecule has 0 aliphatic carbocycles. The summed E-state index contributed by atoms with van der Waals surface area (Å²) in [6.45, 7) is 8.83. The van der Waals surface area contributed by atoms with Gasteiger partial charge >= 0.3 is 5.97 Å². The van der Waals surface area contributed by atoms with Crippen molar-refractivity contribution < 1.29 is 33.3 Å². The molecule has 9 nitrogen and oxygen atoms in total. The maximum Gasteiger partial charge on any atom is 0.326 e. The lowest BCUT2D eigenvalue weighted by molar-refractivity contribution is -0.158. The van der Waals surface area contributed by atoms with Crippen LogP contribution >= 0.6 is 0 Å². The number of hydrogen-bond donors (Lipinski definition) is 1. The fourth-order valence-corrected chi connectivity index (χ4v) is 4.00. The van der Waals surface area contributed by atoms with E-state index in [1.807, 2.05) is 39.0 Å². The van der Waals surface area contributed by atoms with Crippen LogP contribution in [0.1, 0.15) is 49.2 Å². The topological polar surface area (TPSA) is 103 Å². The lowest BCUT2D eigenvalue weighted by Crippen LogP contribution is -2.43. The highest BCUT2D eigenvalue weighted by Crippen LogP contribution is 2.39. The van der Waals surface area contributed by atoms with Gasteiger partial charge in [-0.15, -0.1) is 0 Å². The molecular formula is C27H34N2O7. The second kappa shape index (κ2) is 12.8. The molecule has 1 N–H and O–H groups in total. The van der Waals surface area contributed by atoms with Crippen molar-refractivity contribution in [2.24, 2.45) is 0 Å². The van der Waals surface area contributed by atoms with E-state index in [4.69, 9.17) is 18.9 Å². The highest BCUT2D eigenvalue weighted by Gasteiger charge is 2.27. The zero-order valence-electron chi connectivity index (χ0n) is 21.3. The number of amides is 2.